The average molecular weight is 362 g/mol. The van der Waals surface area contributed by atoms with Gasteiger partial charge in [-0.3, -0.25) is 25.8 Å². The second-order valence-corrected chi connectivity index (χ2v) is 5.49. The van der Waals surface area contributed by atoms with Gasteiger partial charge < -0.3 is 4.90 Å². The van der Waals surface area contributed by atoms with Crippen LogP contribution >= 0.6 is 0 Å². The number of benzene rings is 1. The Balaban J connectivity index is 2.22. The summed E-state index contributed by atoms with van der Waals surface area (Å²) in [5.74, 6) is -1.55. The van der Waals surface area contributed by atoms with Gasteiger partial charge in [-0.15, -0.1) is 0 Å². The highest BCUT2D eigenvalue weighted by molar-refractivity contribution is 5.95. The molecule has 1 aromatic heterocycles. The number of hydrogen-bond donors (Lipinski definition) is 2. The van der Waals surface area contributed by atoms with Crippen LogP contribution in [0.5, 0.6) is 0 Å². The van der Waals surface area contributed by atoms with E-state index in [2.05, 4.69) is 20.8 Å². The van der Waals surface area contributed by atoms with E-state index in [1.165, 1.54) is 18.2 Å². The number of hydrogen-bond acceptors (Lipinski definition) is 7. The molecule has 2 N–H and O–H groups in total. The van der Waals surface area contributed by atoms with E-state index in [1.54, 1.807) is 11.9 Å². The number of aromatic nitrogens is 2. The molecule has 0 saturated heterocycles. The third kappa shape index (κ3) is 4.41. The van der Waals surface area contributed by atoms with E-state index in [0.29, 0.717) is 6.54 Å². The van der Waals surface area contributed by atoms with Crippen molar-refractivity contribution in [3.05, 3.63) is 52.1 Å². The SMILES string of the molecule is CCCCN(C)c1ncnc(NNC(=O)c2ccccc2F)c1[N+](=O)[O-]. The van der Waals surface area contributed by atoms with Crippen molar-refractivity contribution in [2.75, 3.05) is 23.9 Å². The molecule has 0 unspecified atom stereocenters. The molecule has 0 aliphatic rings. The number of anilines is 2. The fourth-order valence-electron chi connectivity index (χ4n) is 2.24. The minimum absolute atomic E-state index is 0.126. The normalized spacial score (nSPS) is 10.3. The first-order chi connectivity index (χ1) is 12.5. The number of hydrazine groups is 1. The number of nitro groups is 1. The third-order valence-corrected chi connectivity index (χ3v) is 3.61. The summed E-state index contributed by atoms with van der Waals surface area (Å²) in [6, 6.07) is 5.40. The van der Waals surface area contributed by atoms with Gasteiger partial charge in [0.05, 0.1) is 10.5 Å². The van der Waals surface area contributed by atoms with Gasteiger partial charge in [-0.2, -0.15) is 0 Å². The number of carbonyl (C=O) groups excluding carboxylic acids is 1. The number of halogens is 1. The Kier molecular flexibility index (Phi) is 6.36. The summed E-state index contributed by atoms with van der Waals surface area (Å²) in [6.45, 7) is 2.59. The van der Waals surface area contributed by atoms with Gasteiger partial charge >= 0.3 is 5.69 Å². The number of rotatable bonds is 8. The average Bonchev–Trinajstić information content (AvgIpc) is 2.64. The van der Waals surface area contributed by atoms with Crippen LogP contribution in [0.15, 0.2) is 30.6 Å². The van der Waals surface area contributed by atoms with Crippen molar-refractivity contribution < 1.29 is 14.1 Å². The van der Waals surface area contributed by atoms with E-state index in [1.807, 2.05) is 6.92 Å². The Morgan fingerprint density at radius 3 is 2.73 bits per heavy atom. The maximum Gasteiger partial charge on any atom is 0.355 e. The lowest BCUT2D eigenvalue weighted by Crippen LogP contribution is -2.31. The highest BCUT2D eigenvalue weighted by Crippen LogP contribution is 2.30. The standard InChI is InChI=1S/C16H19FN6O3/c1-3-4-9-22(2)15-13(23(25)26)14(18-10-19-15)20-21-16(24)11-7-5-6-8-12(11)17/h5-8,10H,3-4,9H2,1-2H3,(H,21,24)(H,18,19,20). The highest BCUT2D eigenvalue weighted by Gasteiger charge is 2.26. The van der Waals surface area contributed by atoms with Gasteiger partial charge in [-0.25, -0.2) is 14.4 Å². The molecule has 9 nitrogen and oxygen atoms in total. The zero-order chi connectivity index (χ0) is 19.1. The molecule has 0 aliphatic heterocycles. The van der Waals surface area contributed by atoms with Crippen LogP contribution in [-0.2, 0) is 0 Å². The monoisotopic (exact) mass is 362 g/mol. The largest absolute Gasteiger partial charge is 0.355 e. The van der Waals surface area contributed by atoms with Gasteiger partial charge in [0.25, 0.3) is 5.91 Å². The summed E-state index contributed by atoms with van der Waals surface area (Å²) < 4.78 is 13.6. The zero-order valence-electron chi connectivity index (χ0n) is 14.4. The molecular formula is C16H19FN6O3. The van der Waals surface area contributed by atoms with Crippen molar-refractivity contribution in [1.29, 1.82) is 0 Å². The minimum atomic E-state index is -0.781. The lowest BCUT2D eigenvalue weighted by Gasteiger charge is -2.18. The molecule has 0 radical (unpaired) electrons. The number of nitrogens with one attached hydrogen (secondary N) is 2. The van der Waals surface area contributed by atoms with Crippen LogP contribution in [-0.4, -0.2) is 34.4 Å². The molecule has 26 heavy (non-hydrogen) atoms. The Morgan fingerprint density at radius 1 is 1.35 bits per heavy atom. The van der Waals surface area contributed by atoms with Crippen molar-refractivity contribution in [2.24, 2.45) is 0 Å². The van der Waals surface area contributed by atoms with E-state index in [4.69, 9.17) is 0 Å². The molecule has 0 atom stereocenters. The summed E-state index contributed by atoms with van der Waals surface area (Å²) in [7, 11) is 1.69. The molecule has 138 valence electrons. The molecule has 0 saturated carbocycles. The van der Waals surface area contributed by atoms with Crippen LogP contribution in [0.4, 0.5) is 21.7 Å². The maximum atomic E-state index is 13.6. The van der Waals surface area contributed by atoms with E-state index in [9.17, 15) is 19.3 Å². The first kappa shape index (κ1) is 19.0. The third-order valence-electron chi connectivity index (χ3n) is 3.61. The van der Waals surface area contributed by atoms with Gasteiger partial charge in [-0.05, 0) is 18.6 Å². The molecule has 0 aliphatic carbocycles. The number of unbranched alkanes of at least 4 members (excludes halogenated alkanes) is 1. The first-order valence-corrected chi connectivity index (χ1v) is 7.97. The van der Waals surface area contributed by atoms with Gasteiger partial charge in [0.15, 0.2) is 0 Å². The fourth-order valence-corrected chi connectivity index (χ4v) is 2.24. The highest BCUT2D eigenvalue weighted by atomic mass is 19.1. The second-order valence-electron chi connectivity index (χ2n) is 5.49. The smallest absolute Gasteiger partial charge is 0.354 e. The van der Waals surface area contributed by atoms with Crippen molar-refractivity contribution in [1.82, 2.24) is 15.4 Å². The molecule has 0 spiro atoms. The molecule has 2 rings (SSSR count). The Labute approximate surface area is 149 Å². The first-order valence-electron chi connectivity index (χ1n) is 7.97. The van der Waals surface area contributed by atoms with Crippen LogP contribution in [0.2, 0.25) is 0 Å². The van der Waals surface area contributed by atoms with E-state index in [0.717, 1.165) is 25.2 Å². The van der Waals surface area contributed by atoms with Crippen LogP contribution in [0.1, 0.15) is 30.1 Å². The molecule has 1 aromatic carbocycles. The molecule has 2 aromatic rings. The lowest BCUT2D eigenvalue weighted by atomic mass is 10.2. The minimum Gasteiger partial charge on any atom is -0.354 e. The number of carbonyl (C=O) groups is 1. The second kappa shape index (κ2) is 8.70. The summed E-state index contributed by atoms with van der Waals surface area (Å²) in [5, 5.41) is 11.5. The number of nitrogens with zero attached hydrogens (tertiary/aromatic N) is 4. The van der Waals surface area contributed by atoms with Crippen molar-refractivity contribution in [3.8, 4) is 0 Å². The zero-order valence-corrected chi connectivity index (χ0v) is 14.4. The van der Waals surface area contributed by atoms with Crippen molar-refractivity contribution in [2.45, 2.75) is 19.8 Å². The maximum absolute atomic E-state index is 13.6. The molecule has 10 heteroatoms. The summed E-state index contributed by atoms with van der Waals surface area (Å²) in [6.07, 6.45) is 2.92. The molecule has 1 heterocycles. The van der Waals surface area contributed by atoms with E-state index >= 15 is 0 Å². The quantitative estimate of drug-likeness (QED) is 0.548. The van der Waals surface area contributed by atoms with Crippen molar-refractivity contribution >= 4 is 23.2 Å². The molecular weight excluding hydrogens is 343 g/mol. The van der Waals surface area contributed by atoms with Crippen LogP contribution in [0, 0.1) is 15.9 Å². The lowest BCUT2D eigenvalue weighted by molar-refractivity contribution is -0.383. The predicted octanol–water partition coefficient (Wildman–Crippen LogP) is 2.52. The Hall–Kier alpha value is -3.30. The molecule has 0 bridgehead atoms. The molecule has 0 fully saturated rings. The Morgan fingerprint density at radius 2 is 2.08 bits per heavy atom. The summed E-state index contributed by atoms with van der Waals surface area (Å²) in [4.78, 5) is 32.3. The van der Waals surface area contributed by atoms with Gasteiger partial charge in [0.1, 0.15) is 12.1 Å². The van der Waals surface area contributed by atoms with Crippen LogP contribution in [0.25, 0.3) is 0 Å². The van der Waals surface area contributed by atoms with Gasteiger partial charge in [-0.1, -0.05) is 25.5 Å². The topological polar surface area (TPSA) is 113 Å². The fraction of sp³-hybridized carbons (Fsp3) is 0.312. The molecule has 1 amide bonds. The van der Waals surface area contributed by atoms with Crippen LogP contribution < -0.4 is 15.8 Å². The predicted molar refractivity (Wildman–Crippen MR) is 94.4 cm³/mol. The van der Waals surface area contributed by atoms with Crippen LogP contribution in [0.3, 0.4) is 0 Å². The summed E-state index contributed by atoms with van der Waals surface area (Å²) in [5.41, 5.74) is 4.03. The number of amides is 1. The van der Waals surface area contributed by atoms with E-state index < -0.39 is 16.6 Å². The Bertz CT molecular complexity index is 801. The van der Waals surface area contributed by atoms with Crippen molar-refractivity contribution in [3.63, 3.8) is 0 Å². The van der Waals surface area contributed by atoms with Gasteiger partial charge in [0.2, 0.25) is 11.6 Å². The summed E-state index contributed by atoms with van der Waals surface area (Å²) >= 11 is 0. The van der Waals surface area contributed by atoms with Gasteiger partial charge in [0, 0.05) is 13.6 Å². The van der Waals surface area contributed by atoms with E-state index in [-0.39, 0.29) is 22.9 Å².